The van der Waals surface area contributed by atoms with Crippen LogP contribution in [0.1, 0.15) is 18.4 Å². The molecule has 1 aliphatic carbocycles. The highest BCUT2D eigenvalue weighted by atomic mass is 35.5. The molecule has 2 rings (SSSR count). The van der Waals surface area contributed by atoms with Crippen molar-refractivity contribution in [3.8, 4) is 0 Å². The lowest BCUT2D eigenvalue weighted by Crippen LogP contribution is -2.32. The summed E-state index contributed by atoms with van der Waals surface area (Å²) in [6.45, 7) is 0.714. The first-order valence-electron chi connectivity index (χ1n) is 5.76. The smallest absolute Gasteiger partial charge is 0.224 e. The Labute approximate surface area is 106 Å². The summed E-state index contributed by atoms with van der Waals surface area (Å²) in [5, 5.41) is 12.6. The summed E-state index contributed by atoms with van der Waals surface area (Å²) in [7, 11) is 0. The summed E-state index contributed by atoms with van der Waals surface area (Å²) in [5.41, 5.74) is 0.788. The van der Waals surface area contributed by atoms with Crippen LogP contribution in [0.15, 0.2) is 24.3 Å². The predicted molar refractivity (Wildman–Crippen MR) is 66.9 cm³/mol. The summed E-state index contributed by atoms with van der Waals surface area (Å²) >= 11 is 5.98. The molecule has 92 valence electrons. The number of carbonyl (C=O) groups is 1. The molecule has 1 aromatic carbocycles. The summed E-state index contributed by atoms with van der Waals surface area (Å²) < 4.78 is 0. The molecular formula is C13H16ClNO2. The van der Waals surface area contributed by atoms with Crippen LogP contribution >= 0.6 is 11.6 Å². The topological polar surface area (TPSA) is 49.3 Å². The second-order valence-corrected chi connectivity index (χ2v) is 5.11. The number of amides is 1. The number of halogens is 1. The standard InChI is InChI=1S/C13H16ClNO2/c14-11-4-2-1-3-10(11)7-12(17)15-8-13(9-16)5-6-13/h1-4,16H,5-9H2,(H,15,17). The molecule has 1 fully saturated rings. The molecule has 0 aromatic heterocycles. The molecule has 0 bridgehead atoms. The van der Waals surface area contributed by atoms with E-state index in [0.717, 1.165) is 18.4 Å². The van der Waals surface area contributed by atoms with E-state index in [2.05, 4.69) is 5.32 Å². The van der Waals surface area contributed by atoms with Crippen LogP contribution in [0.4, 0.5) is 0 Å². The second kappa shape index (κ2) is 5.07. The molecule has 2 N–H and O–H groups in total. The number of benzene rings is 1. The predicted octanol–water partition coefficient (Wildman–Crippen LogP) is 1.77. The second-order valence-electron chi connectivity index (χ2n) is 4.70. The van der Waals surface area contributed by atoms with Gasteiger partial charge in [-0.1, -0.05) is 29.8 Å². The molecule has 0 saturated heterocycles. The van der Waals surface area contributed by atoms with Crippen LogP contribution in [0.2, 0.25) is 5.02 Å². The number of carbonyl (C=O) groups excluding carboxylic acids is 1. The normalized spacial score (nSPS) is 16.6. The maximum Gasteiger partial charge on any atom is 0.224 e. The van der Waals surface area contributed by atoms with Gasteiger partial charge in [0.25, 0.3) is 0 Å². The van der Waals surface area contributed by atoms with Crippen molar-refractivity contribution in [2.24, 2.45) is 5.41 Å². The van der Waals surface area contributed by atoms with E-state index >= 15 is 0 Å². The molecule has 1 saturated carbocycles. The molecule has 3 nitrogen and oxygen atoms in total. The lowest BCUT2D eigenvalue weighted by Gasteiger charge is -2.12. The van der Waals surface area contributed by atoms with E-state index in [0.29, 0.717) is 18.0 Å². The highest BCUT2D eigenvalue weighted by Gasteiger charge is 2.41. The highest BCUT2D eigenvalue weighted by Crippen LogP contribution is 2.44. The molecular weight excluding hydrogens is 238 g/mol. The Morgan fingerprint density at radius 2 is 2.12 bits per heavy atom. The van der Waals surface area contributed by atoms with Crippen LogP contribution in [-0.2, 0) is 11.2 Å². The van der Waals surface area contributed by atoms with Gasteiger partial charge in [-0.25, -0.2) is 0 Å². The monoisotopic (exact) mass is 253 g/mol. The van der Waals surface area contributed by atoms with Gasteiger partial charge >= 0.3 is 0 Å². The molecule has 0 radical (unpaired) electrons. The fourth-order valence-corrected chi connectivity index (χ4v) is 1.93. The zero-order valence-electron chi connectivity index (χ0n) is 9.58. The summed E-state index contributed by atoms with van der Waals surface area (Å²) in [5.74, 6) is -0.0437. The third-order valence-electron chi connectivity index (χ3n) is 3.26. The first kappa shape index (κ1) is 12.4. The minimum atomic E-state index is -0.0455. The van der Waals surface area contributed by atoms with Crippen LogP contribution in [0, 0.1) is 5.41 Å². The molecule has 0 aliphatic heterocycles. The lowest BCUT2D eigenvalue weighted by atomic mass is 10.1. The van der Waals surface area contributed by atoms with Gasteiger partial charge in [-0.3, -0.25) is 4.79 Å². The van der Waals surface area contributed by atoms with Crippen molar-refractivity contribution in [1.82, 2.24) is 5.32 Å². The van der Waals surface area contributed by atoms with Crippen molar-refractivity contribution in [3.05, 3.63) is 34.9 Å². The minimum Gasteiger partial charge on any atom is -0.396 e. The van der Waals surface area contributed by atoms with Crippen molar-refractivity contribution in [2.45, 2.75) is 19.3 Å². The van der Waals surface area contributed by atoms with Gasteiger partial charge in [-0.15, -0.1) is 0 Å². The molecule has 1 aromatic rings. The quantitative estimate of drug-likeness (QED) is 0.840. The number of nitrogens with one attached hydrogen (secondary N) is 1. The third kappa shape index (κ3) is 3.20. The van der Waals surface area contributed by atoms with Gasteiger partial charge in [0, 0.05) is 17.0 Å². The molecule has 1 aliphatic rings. The average molecular weight is 254 g/mol. The van der Waals surface area contributed by atoms with Gasteiger partial charge < -0.3 is 10.4 Å². The fraction of sp³-hybridized carbons (Fsp3) is 0.462. The summed E-state index contributed by atoms with van der Waals surface area (Å²) in [6, 6.07) is 7.33. The number of hydrogen-bond donors (Lipinski definition) is 2. The van der Waals surface area contributed by atoms with Crippen molar-refractivity contribution in [2.75, 3.05) is 13.2 Å². The number of rotatable bonds is 5. The van der Waals surface area contributed by atoms with Gasteiger partial charge in [0.1, 0.15) is 0 Å². The van der Waals surface area contributed by atoms with E-state index in [-0.39, 0.29) is 17.9 Å². The van der Waals surface area contributed by atoms with Crippen molar-refractivity contribution in [3.63, 3.8) is 0 Å². The first-order valence-corrected chi connectivity index (χ1v) is 6.14. The van der Waals surface area contributed by atoms with E-state index in [9.17, 15) is 4.79 Å². The van der Waals surface area contributed by atoms with Gasteiger partial charge in [0.2, 0.25) is 5.91 Å². The van der Waals surface area contributed by atoms with E-state index in [1.54, 1.807) is 6.07 Å². The molecule has 0 unspecified atom stereocenters. The van der Waals surface area contributed by atoms with Crippen LogP contribution in [0.3, 0.4) is 0 Å². The molecule has 4 heteroatoms. The van der Waals surface area contributed by atoms with Crippen LogP contribution < -0.4 is 5.32 Å². The lowest BCUT2D eigenvalue weighted by molar-refractivity contribution is -0.120. The van der Waals surface area contributed by atoms with Crippen LogP contribution in [0.25, 0.3) is 0 Å². The zero-order chi connectivity index (χ0) is 12.3. The van der Waals surface area contributed by atoms with E-state index in [1.807, 2.05) is 18.2 Å². The Bertz CT molecular complexity index is 416. The Balaban J connectivity index is 1.83. The number of aliphatic hydroxyl groups excluding tert-OH is 1. The molecule has 0 heterocycles. The Kier molecular flexibility index (Phi) is 3.69. The maximum absolute atomic E-state index is 11.7. The van der Waals surface area contributed by atoms with Crippen molar-refractivity contribution < 1.29 is 9.90 Å². The molecule has 0 spiro atoms. The largest absolute Gasteiger partial charge is 0.396 e. The maximum atomic E-state index is 11.7. The van der Waals surface area contributed by atoms with Crippen LogP contribution in [-0.4, -0.2) is 24.2 Å². The van der Waals surface area contributed by atoms with Gasteiger partial charge in [0.05, 0.1) is 13.0 Å². The summed E-state index contributed by atoms with van der Waals surface area (Å²) in [4.78, 5) is 11.7. The van der Waals surface area contributed by atoms with E-state index < -0.39 is 0 Å². The highest BCUT2D eigenvalue weighted by molar-refractivity contribution is 6.31. The number of aliphatic hydroxyl groups is 1. The summed E-state index contributed by atoms with van der Waals surface area (Å²) in [6.07, 6.45) is 2.28. The molecule has 0 atom stereocenters. The van der Waals surface area contributed by atoms with Gasteiger partial charge in [-0.2, -0.15) is 0 Å². The molecule has 17 heavy (non-hydrogen) atoms. The first-order chi connectivity index (χ1) is 8.15. The Morgan fingerprint density at radius 3 is 2.71 bits per heavy atom. The third-order valence-corrected chi connectivity index (χ3v) is 3.63. The van der Waals surface area contributed by atoms with Crippen LogP contribution in [0.5, 0.6) is 0 Å². The zero-order valence-corrected chi connectivity index (χ0v) is 10.3. The molecule has 1 amide bonds. The van der Waals surface area contributed by atoms with Crippen molar-refractivity contribution >= 4 is 17.5 Å². The Morgan fingerprint density at radius 1 is 1.41 bits per heavy atom. The van der Waals surface area contributed by atoms with Gasteiger partial charge in [-0.05, 0) is 24.5 Å². The van der Waals surface area contributed by atoms with E-state index in [1.165, 1.54) is 0 Å². The number of hydrogen-bond acceptors (Lipinski definition) is 2. The van der Waals surface area contributed by atoms with Crippen molar-refractivity contribution in [1.29, 1.82) is 0 Å². The Hall–Kier alpha value is -1.06. The minimum absolute atomic E-state index is 0.0437. The van der Waals surface area contributed by atoms with E-state index in [4.69, 9.17) is 16.7 Å². The SMILES string of the molecule is O=C(Cc1ccccc1Cl)NCC1(CO)CC1. The fourth-order valence-electron chi connectivity index (χ4n) is 1.73. The van der Waals surface area contributed by atoms with Gasteiger partial charge in [0.15, 0.2) is 0 Å². The average Bonchev–Trinajstić information content (AvgIpc) is 3.10.